The molecule has 1 N–H and O–H groups in total. The molecule has 1 amide bonds. The summed E-state index contributed by atoms with van der Waals surface area (Å²) in [5, 5.41) is 14.3. The number of nitrogens with one attached hydrogen (secondary N) is 1. The Morgan fingerprint density at radius 3 is 2.41 bits per heavy atom. The van der Waals surface area contributed by atoms with Crippen LogP contribution in [0.1, 0.15) is 17.7 Å². The second-order valence-corrected chi connectivity index (χ2v) is 9.52. The number of nitrogens with zero attached hydrogens (tertiary/aromatic N) is 3. The Hall–Kier alpha value is -5.18. The van der Waals surface area contributed by atoms with E-state index in [1.54, 1.807) is 26.4 Å². The number of nitro benzene ring substituents is 1. The molecule has 0 atom stereocenters. The second kappa shape index (κ2) is 12.3. The number of aromatic nitrogens is 2. The van der Waals surface area contributed by atoms with Crippen LogP contribution in [0, 0.1) is 10.1 Å². The molecule has 0 saturated heterocycles. The number of nitro groups is 1. The standard InChI is InChI=1S/C32H30N4O5/c1-40-28-14-11-22(19-29(28)41-2)17-18-33-31(37)16-13-27-32(23-7-4-3-5-8-23)34-30-15-12-25(21-35(27)30)24-9-6-10-26(20-24)36(38)39/h3-12,14-15,19-21H,13,16-18H2,1-2H3,(H,33,37). The van der Waals surface area contributed by atoms with Gasteiger partial charge in [-0.25, -0.2) is 4.98 Å². The maximum atomic E-state index is 12.9. The molecule has 9 nitrogen and oxygen atoms in total. The quantitative estimate of drug-likeness (QED) is 0.162. The summed E-state index contributed by atoms with van der Waals surface area (Å²) in [5.74, 6) is 1.26. The number of benzene rings is 3. The molecule has 0 aliphatic carbocycles. The third-order valence-electron chi connectivity index (χ3n) is 6.93. The normalized spacial score (nSPS) is 10.9. The van der Waals surface area contributed by atoms with Crippen LogP contribution in [-0.4, -0.2) is 41.0 Å². The zero-order valence-electron chi connectivity index (χ0n) is 22.9. The minimum absolute atomic E-state index is 0.0307. The average Bonchev–Trinajstić information content (AvgIpc) is 3.38. The number of rotatable bonds is 11. The van der Waals surface area contributed by atoms with E-state index in [1.807, 2.05) is 77.3 Å². The van der Waals surface area contributed by atoms with E-state index in [1.165, 1.54) is 6.07 Å². The number of ether oxygens (including phenoxy) is 2. The topological polar surface area (TPSA) is 108 Å². The molecule has 2 aromatic heterocycles. The van der Waals surface area contributed by atoms with Crippen LogP contribution in [0.3, 0.4) is 0 Å². The third kappa shape index (κ3) is 6.19. The van der Waals surface area contributed by atoms with E-state index in [2.05, 4.69) is 5.32 Å². The van der Waals surface area contributed by atoms with Crippen molar-refractivity contribution in [3.63, 3.8) is 0 Å². The van der Waals surface area contributed by atoms with Gasteiger partial charge in [0.25, 0.3) is 5.69 Å². The number of amides is 1. The molecule has 41 heavy (non-hydrogen) atoms. The van der Waals surface area contributed by atoms with Gasteiger partial charge in [-0.2, -0.15) is 0 Å². The largest absolute Gasteiger partial charge is 0.493 e. The van der Waals surface area contributed by atoms with Gasteiger partial charge in [-0.15, -0.1) is 0 Å². The Kier molecular flexibility index (Phi) is 8.24. The number of carbonyl (C=O) groups excluding carboxylic acids is 1. The summed E-state index contributed by atoms with van der Waals surface area (Å²) >= 11 is 0. The average molecular weight is 551 g/mol. The Labute approximate surface area is 237 Å². The predicted molar refractivity (Wildman–Crippen MR) is 157 cm³/mol. The molecular weight excluding hydrogens is 520 g/mol. The minimum atomic E-state index is -0.401. The summed E-state index contributed by atoms with van der Waals surface area (Å²) in [6, 6.07) is 25.9. The Morgan fingerprint density at radius 1 is 0.878 bits per heavy atom. The first kappa shape index (κ1) is 27.4. The Balaban J connectivity index is 1.35. The van der Waals surface area contributed by atoms with Gasteiger partial charge in [-0.1, -0.05) is 48.5 Å². The van der Waals surface area contributed by atoms with Crippen molar-refractivity contribution in [1.82, 2.24) is 14.7 Å². The molecular formula is C32H30N4O5. The van der Waals surface area contributed by atoms with E-state index < -0.39 is 4.92 Å². The van der Waals surface area contributed by atoms with Crippen molar-refractivity contribution in [3.05, 3.63) is 112 Å². The van der Waals surface area contributed by atoms with E-state index in [0.29, 0.717) is 30.9 Å². The molecule has 0 spiro atoms. The third-order valence-corrected chi connectivity index (χ3v) is 6.93. The molecule has 0 bridgehead atoms. The second-order valence-electron chi connectivity index (χ2n) is 9.52. The fourth-order valence-corrected chi connectivity index (χ4v) is 4.83. The van der Waals surface area contributed by atoms with Crippen LogP contribution in [0.15, 0.2) is 91.1 Å². The first-order valence-corrected chi connectivity index (χ1v) is 13.3. The highest BCUT2D eigenvalue weighted by atomic mass is 16.6. The van der Waals surface area contributed by atoms with Crippen molar-refractivity contribution in [1.29, 1.82) is 0 Å². The zero-order chi connectivity index (χ0) is 28.8. The number of imidazole rings is 1. The number of fused-ring (bicyclic) bond motifs is 1. The highest BCUT2D eigenvalue weighted by Gasteiger charge is 2.17. The van der Waals surface area contributed by atoms with Crippen molar-refractivity contribution in [2.24, 2.45) is 0 Å². The maximum absolute atomic E-state index is 12.9. The summed E-state index contributed by atoms with van der Waals surface area (Å²) in [4.78, 5) is 28.7. The fourth-order valence-electron chi connectivity index (χ4n) is 4.83. The number of pyridine rings is 1. The van der Waals surface area contributed by atoms with Crippen LogP contribution in [0.2, 0.25) is 0 Å². The predicted octanol–water partition coefficient (Wildman–Crippen LogP) is 5.89. The van der Waals surface area contributed by atoms with Crippen LogP contribution in [-0.2, 0) is 17.6 Å². The molecule has 5 aromatic rings. The number of aryl methyl sites for hydroxylation is 1. The SMILES string of the molecule is COc1ccc(CCNC(=O)CCc2c(-c3ccccc3)nc3ccc(-c4cccc([N+](=O)[O-])c4)cn23)cc1OC. The fraction of sp³-hybridized carbons (Fsp3) is 0.188. The summed E-state index contributed by atoms with van der Waals surface area (Å²) in [7, 11) is 3.19. The van der Waals surface area contributed by atoms with Crippen LogP contribution in [0.25, 0.3) is 28.0 Å². The molecule has 2 heterocycles. The van der Waals surface area contributed by atoms with Gasteiger partial charge >= 0.3 is 0 Å². The molecule has 0 unspecified atom stereocenters. The van der Waals surface area contributed by atoms with Crippen LogP contribution in [0.4, 0.5) is 5.69 Å². The molecule has 5 rings (SSSR count). The molecule has 208 valence electrons. The van der Waals surface area contributed by atoms with Crippen LogP contribution >= 0.6 is 0 Å². The van der Waals surface area contributed by atoms with Gasteiger partial charge in [0.1, 0.15) is 5.65 Å². The summed E-state index contributed by atoms with van der Waals surface area (Å²) < 4.78 is 12.6. The van der Waals surface area contributed by atoms with Gasteiger partial charge in [0.05, 0.1) is 30.5 Å². The van der Waals surface area contributed by atoms with Crippen LogP contribution in [0.5, 0.6) is 11.5 Å². The number of carbonyl (C=O) groups is 1. The first-order chi connectivity index (χ1) is 20.0. The molecule has 0 fully saturated rings. The van der Waals surface area contributed by atoms with Crippen molar-refractivity contribution < 1.29 is 19.2 Å². The monoisotopic (exact) mass is 550 g/mol. The van der Waals surface area contributed by atoms with E-state index in [0.717, 1.165) is 39.3 Å². The van der Waals surface area contributed by atoms with Gasteiger partial charge < -0.3 is 19.2 Å². The van der Waals surface area contributed by atoms with Gasteiger partial charge in [0, 0.05) is 36.9 Å². The molecule has 9 heteroatoms. The first-order valence-electron chi connectivity index (χ1n) is 13.3. The van der Waals surface area contributed by atoms with Gasteiger partial charge in [0.15, 0.2) is 11.5 Å². The molecule has 3 aromatic carbocycles. The Bertz CT molecular complexity index is 1700. The smallest absolute Gasteiger partial charge is 0.270 e. The van der Waals surface area contributed by atoms with Gasteiger partial charge in [-0.05, 0) is 53.8 Å². The summed E-state index contributed by atoms with van der Waals surface area (Å²) in [5.41, 5.74) is 6.01. The number of methoxy groups -OCH3 is 2. The van der Waals surface area contributed by atoms with Gasteiger partial charge in [-0.3, -0.25) is 14.9 Å². The van der Waals surface area contributed by atoms with Crippen LogP contribution < -0.4 is 14.8 Å². The summed E-state index contributed by atoms with van der Waals surface area (Å²) in [6.45, 7) is 0.490. The number of hydrogen-bond donors (Lipinski definition) is 1. The zero-order valence-corrected chi connectivity index (χ0v) is 22.9. The lowest BCUT2D eigenvalue weighted by Crippen LogP contribution is -2.26. The van der Waals surface area contributed by atoms with E-state index in [4.69, 9.17) is 14.5 Å². The molecule has 0 radical (unpaired) electrons. The van der Waals surface area contributed by atoms with E-state index >= 15 is 0 Å². The Morgan fingerprint density at radius 2 is 1.66 bits per heavy atom. The number of hydrogen-bond acceptors (Lipinski definition) is 6. The molecule has 0 saturated carbocycles. The highest BCUT2D eigenvalue weighted by molar-refractivity contribution is 5.77. The van der Waals surface area contributed by atoms with Crippen molar-refractivity contribution in [3.8, 4) is 33.9 Å². The van der Waals surface area contributed by atoms with E-state index in [9.17, 15) is 14.9 Å². The van der Waals surface area contributed by atoms with Gasteiger partial charge in [0.2, 0.25) is 5.91 Å². The lowest BCUT2D eigenvalue weighted by molar-refractivity contribution is -0.384. The maximum Gasteiger partial charge on any atom is 0.270 e. The lowest BCUT2D eigenvalue weighted by atomic mass is 10.1. The van der Waals surface area contributed by atoms with E-state index in [-0.39, 0.29) is 18.0 Å². The molecule has 0 aliphatic heterocycles. The van der Waals surface area contributed by atoms with Crippen molar-refractivity contribution in [2.45, 2.75) is 19.3 Å². The highest BCUT2D eigenvalue weighted by Crippen LogP contribution is 2.30. The molecule has 0 aliphatic rings. The van der Waals surface area contributed by atoms with Crippen molar-refractivity contribution >= 4 is 17.2 Å². The number of non-ortho nitro benzene ring substituents is 1. The summed E-state index contributed by atoms with van der Waals surface area (Å²) in [6.07, 6.45) is 3.33. The van der Waals surface area contributed by atoms with Crippen molar-refractivity contribution in [2.75, 3.05) is 20.8 Å². The minimum Gasteiger partial charge on any atom is -0.493 e. The lowest BCUT2D eigenvalue weighted by Gasteiger charge is -2.10.